The van der Waals surface area contributed by atoms with Gasteiger partial charge < -0.3 is 8.85 Å². The van der Waals surface area contributed by atoms with Crippen LogP contribution in [0.15, 0.2) is 24.3 Å². The van der Waals surface area contributed by atoms with E-state index in [1.807, 2.05) is 0 Å². The van der Waals surface area contributed by atoms with Crippen LogP contribution in [0.1, 0.15) is 10.4 Å². The van der Waals surface area contributed by atoms with Crippen molar-refractivity contribution in [2.24, 2.45) is 0 Å². The number of carbonyl (C=O) groups is 1. The summed E-state index contributed by atoms with van der Waals surface area (Å²) in [6.45, 7) is 0. The van der Waals surface area contributed by atoms with E-state index in [9.17, 15) is 9.26 Å². The Hall–Kier alpha value is -1.49. The Morgan fingerprint density at radius 3 is 2.42 bits per heavy atom. The molecule has 12 heavy (non-hydrogen) atoms. The van der Waals surface area contributed by atoms with Crippen LogP contribution in [0.5, 0.6) is 5.75 Å². The largest absolute Gasteiger partial charge is 0.780 e. The molecule has 0 fully saturated rings. The van der Waals surface area contributed by atoms with Crippen molar-refractivity contribution in [2.75, 3.05) is 0 Å². The molecule has 1 aromatic carbocycles. The first-order chi connectivity index (χ1) is 5.75. The number of rotatable bonds is 0. The first-order valence-electron chi connectivity index (χ1n) is 3.30. The third-order valence-corrected chi connectivity index (χ3v) is 2.22. The van der Waals surface area contributed by atoms with Gasteiger partial charge in [0.25, 0.3) is 0 Å². The summed E-state index contributed by atoms with van der Waals surface area (Å²) in [5, 5.41) is 0. The van der Waals surface area contributed by atoms with Gasteiger partial charge in [0.05, 0.1) is 5.56 Å². The minimum absolute atomic E-state index is 0.389. The van der Waals surface area contributed by atoms with Gasteiger partial charge in [0, 0.05) is 0 Å². The van der Waals surface area contributed by atoms with Crippen molar-refractivity contribution in [3.63, 3.8) is 0 Å². The fourth-order valence-electron chi connectivity index (χ4n) is 0.911. The topological polar surface area (TPSA) is 52.6 Å². The predicted molar refractivity (Wildman–Crippen MR) is 38.9 cm³/mol. The van der Waals surface area contributed by atoms with E-state index in [1.165, 1.54) is 0 Å². The molecule has 2 heterocycles. The van der Waals surface area contributed by atoms with E-state index >= 15 is 0 Å². The lowest BCUT2D eigenvalue weighted by Gasteiger charge is -2.08. The molecular weight excluding hydrogens is 176 g/mol. The maximum absolute atomic E-state index is 11.0. The second-order valence-corrected chi connectivity index (χ2v) is 3.17. The highest BCUT2D eigenvalue weighted by Crippen LogP contribution is 2.15. The highest BCUT2D eigenvalue weighted by Gasteiger charge is 2.22. The zero-order valence-electron chi connectivity index (χ0n) is 5.94. The summed E-state index contributed by atoms with van der Waals surface area (Å²) in [6.07, 6.45) is 0. The monoisotopic (exact) mass is 180 g/mol. The third kappa shape index (κ3) is 1.14. The molecule has 2 aliphatic heterocycles. The molecule has 4 nitrogen and oxygen atoms in total. The van der Waals surface area contributed by atoms with Crippen LogP contribution in [-0.4, -0.2) is 15.1 Å². The van der Waals surface area contributed by atoms with Crippen molar-refractivity contribution >= 4 is 15.1 Å². The Labute approximate surface area is 69.6 Å². The Balaban J connectivity index is 2.53. The lowest BCUT2D eigenvalue weighted by atomic mass is 10.2. The molecule has 0 saturated heterocycles. The van der Waals surface area contributed by atoms with Crippen LogP contribution in [-0.2, 0) is 8.89 Å². The molecule has 0 spiro atoms. The Morgan fingerprint density at radius 2 is 1.75 bits per heavy atom. The van der Waals surface area contributed by atoms with E-state index in [-0.39, 0.29) is 0 Å². The van der Waals surface area contributed by atoms with Gasteiger partial charge in [-0.25, -0.2) is 4.79 Å². The minimum atomic E-state index is -2.69. The summed E-state index contributed by atoms with van der Waals surface area (Å²) in [5.41, 5.74) is 0.389. The van der Waals surface area contributed by atoms with Gasteiger partial charge in [-0.3, -0.25) is 4.46 Å². The summed E-state index contributed by atoms with van der Waals surface area (Å²) < 4.78 is 20.1. The zero-order chi connectivity index (χ0) is 8.55. The van der Waals surface area contributed by atoms with E-state index in [0.29, 0.717) is 11.3 Å². The Bertz CT molecular complexity index is 343. The summed E-state index contributed by atoms with van der Waals surface area (Å²) in [7, 11) is -2.69. The first kappa shape index (κ1) is 7.17. The number of hydrogen-bond donors (Lipinski definition) is 0. The van der Waals surface area contributed by atoms with Crippen LogP contribution in [0.4, 0.5) is 0 Å². The van der Waals surface area contributed by atoms with Gasteiger partial charge in [-0.2, -0.15) is 0 Å². The molecule has 0 saturated carbocycles. The van der Waals surface area contributed by atoms with Gasteiger partial charge in [0.2, 0.25) is 0 Å². The summed E-state index contributed by atoms with van der Waals surface area (Å²) >= 11 is 0. The van der Waals surface area contributed by atoms with Crippen LogP contribution < -0.4 is 4.43 Å². The molecule has 0 aliphatic carbocycles. The van der Waals surface area contributed by atoms with Crippen molar-refractivity contribution in [1.82, 2.24) is 0 Å². The van der Waals surface area contributed by atoms with Crippen LogP contribution in [0, 0.1) is 0 Å². The van der Waals surface area contributed by atoms with Crippen LogP contribution in [0.2, 0.25) is 0 Å². The predicted octanol–water partition coefficient (Wildman–Crippen LogP) is 0.651. The van der Waals surface area contributed by atoms with Crippen LogP contribution >= 0.6 is 0 Å². The molecular formula is C7H4O4Si. The molecule has 0 N–H and O–H groups in total. The van der Waals surface area contributed by atoms with Gasteiger partial charge in [-0.1, -0.05) is 0 Å². The second-order valence-electron chi connectivity index (χ2n) is 2.27. The summed E-state index contributed by atoms with van der Waals surface area (Å²) in [4.78, 5) is 11.0. The number of fused-ring (bicyclic) bond motifs is 5. The average molecular weight is 180 g/mol. The average Bonchev–Trinajstić information content (AvgIpc) is 2.02. The zero-order valence-corrected chi connectivity index (χ0v) is 6.94. The molecule has 0 atom stereocenters. The smallest absolute Gasteiger partial charge is 0.459 e. The Kier molecular flexibility index (Phi) is 1.51. The quantitative estimate of drug-likeness (QED) is 0.550. The van der Waals surface area contributed by atoms with Gasteiger partial charge >= 0.3 is 15.1 Å². The SMILES string of the molecule is O=C1O[Si](=O)Oc2ccc1cc2. The van der Waals surface area contributed by atoms with Crippen molar-refractivity contribution in [3.8, 4) is 5.75 Å². The van der Waals surface area contributed by atoms with E-state index in [2.05, 4.69) is 4.43 Å². The Morgan fingerprint density at radius 1 is 1.08 bits per heavy atom. The van der Waals surface area contributed by atoms with E-state index in [0.717, 1.165) is 0 Å². The highest BCUT2D eigenvalue weighted by molar-refractivity contribution is 6.32. The molecule has 0 radical (unpaired) electrons. The maximum atomic E-state index is 11.0. The van der Waals surface area contributed by atoms with Gasteiger partial charge in [0.1, 0.15) is 5.75 Å². The van der Waals surface area contributed by atoms with Crippen molar-refractivity contribution < 1.29 is 18.1 Å². The van der Waals surface area contributed by atoms with Crippen LogP contribution in [0.25, 0.3) is 0 Å². The van der Waals surface area contributed by atoms with Crippen molar-refractivity contribution in [2.45, 2.75) is 0 Å². The second kappa shape index (κ2) is 2.52. The van der Waals surface area contributed by atoms with Gasteiger partial charge in [-0.15, -0.1) is 0 Å². The lowest BCUT2D eigenvalue weighted by Crippen LogP contribution is -2.22. The van der Waals surface area contributed by atoms with Crippen molar-refractivity contribution in [1.29, 1.82) is 0 Å². The van der Waals surface area contributed by atoms with Crippen LogP contribution in [0.3, 0.4) is 0 Å². The van der Waals surface area contributed by atoms with Gasteiger partial charge in [0.15, 0.2) is 0 Å². The number of carbonyl (C=O) groups excluding carboxylic acids is 1. The molecule has 0 unspecified atom stereocenters. The van der Waals surface area contributed by atoms with E-state index < -0.39 is 15.1 Å². The number of benzene rings is 1. The molecule has 0 amide bonds. The lowest BCUT2D eigenvalue weighted by molar-refractivity contribution is 0.0686. The summed E-state index contributed by atoms with van der Waals surface area (Å²) in [5.74, 6) is -0.153. The molecule has 0 aromatic heterocycles. The first-order valence-corrected chi connectivity index (χ1v) is 4.52. The fraction of sp³-hybridized carbons (Fsp3) is 0. The van der Waals surface area contributed by atoms with E-state index in [1.54, 1.807) is 24.3 Å². The van der Waals surface area contributed by atoms with Gasteiger partial charge in [-0.05, 0) is 24.3 Å². The molecule has 60 valence electrons. The number of hydrogen-bond acceptors (Lipinski definition) is 4. The maximum Gasteiger partial charge on any atom is 0.780 e. The van der Waals surface area contributed by atoms with E-state index in [4.69, 9.17) is 4.43 Å². The highest BCUT2D eigenvalue weighted by atomic mass is 28.3. The van der Waals surface area contributed by atoms with Crippen molar-refractivity contribution in [3.05, 3.63) is 29.8 Å². The molecule has 1 aromatic rings. The minimum Gasteiger partial charge on any atom is -0.459 e. The third-order valence-electron chi connectivity index (χ3n) is 1.47. The molecule has 2 bridgehead atoms. The normalized spacial score (nSPS) is 14.7. The molecule has 2 aliphatic rings. The fourth-order valence-corrected chi connectivity index (χ4v) is 1.55. The standard InChI is InChI=1S/C7H4O4Si/c8-7-5-1-3-6(4-2-5)10-12(9)11-7/h1-4H. The molecule has 5 heteroatoms. The summed E-state index contributed by atoms with van der Waals surface area (Å²) in [6, 6.07) is 6.29. The molecule has 3 rings (SSSR count).